The molecule has 14 N–H and O–H groups in total. The number of primary amides is 1. The number of amides is 5. The van der Waals surface area contributed by atoms with Crippen LogP contribution in [0.25, 0.3) is 0 Å². The first-order valence-corrected chi connectivity index (χ1v) is 11.6. The Balaban J connectivity index is 5.19. The molecule has 0 fully saturated rings. The number of nitrogens with two attached hydrogens (primary N) is 4. The predicted molar refractivity (Wildman–Crippen MR) is 134 cm³/mol. The van der Waals surface area contributed by atoms with Crippen molar-refractivity contribution in [3.63, 3.8) is 0 Å². The summed E-state index contributed by atoms with van der Waals surface area (Å²) in [5.41, 5.74) is 21.2. The molecule has 38 heavy (non-hydrogen) atoms. The highest BCUT2D eigenvalue weighted by atomic mass is 32.1. The van der Waals surface area contributed by atoms with Gasteiger partial charge in [-0.2, -0.15) is 12.6 Å². The van der Waals surface area contributed by atoms with E-state index in [2.05, 4.69) is 33.6 Å². The van der Waals surface area contributed by atoms with Crippen LogP contribution in [-0.4, -0.2) is 101 Å². The van der Waals surface area contributed by atoms with Crippen molar-refractivity contribution in [3.05, 3.63) is 0 Å². The van der Waals surface area contributed by atoms with Gasteiger partial charge in [0, 0.05) is 12.3 Å². The normalized spacial score (nSPS) is 13.5. The molecule has 0 radical (unpaired) electrons. The van der Waals surface area contributed by atoms with Gasteiger partial charge in [0.2, 0.25) is 29.5 Å². The maximum absolute atomic E-state index is 12.7. The van der Waals surface area contributed by atoms with Gasteiger partial charge >= 0.3 is 11.9 Å². The molecule has 0 saturated heterocycles. The van der Waals surface area contributed by atoms with E-state index < -0.39 is 85.0 Å². The van der Waals surface area contributed by atoms with Crippen molar-refractivity contribution in [1.82, 2.24) is 21.3 Å². The standard InChI is InChI=1S/C19H33N9O9S/c20-8(2-1-3-24-19(22)23)15(33)25-6-13(30)26-10(5-14(31)32)17(35)27-9(4-12(21)29)16(34)28-11(7-38)18(36)37/h8-11,38H,1-7,20H2,(H2,21,29)(H,25,33)(H,26,30)(H,27,35)(H,28,34)(H,31,32)(H,36,37)(H4,22,23,24)/t8-,9-,10-,11-/m0/s1. The molecule has 18 nitrogen and oxygen atoms in total. The zero-order valence-corrected chi connectivity index (χ0v) is 21.1. The Labute approximate surface area is 222 Å². The number of nitrogens with zero attached hydrogens (tertiary/aromatic N) is 1. The summed E-state index contributed by atoms with van der Waals surface area (Å²) >= 11 is 3.78. The Morgan fingerprint density at radius 1 is 0.816 bits per heavy atom. The van der Waals surface area contributed by atoms with E-state index in [1.165, 1.54) is 0 Å². The quantitative estimate of drug-likeness (QED) is 0.0321. The molecule has 0 unspecified atom stereocenters. The van der Waals surface area contributed by atoms with Gasteiger partial charge in [0.1, 0.15) is 18.1 Å². The van der Waals surface area contributed by atoms with Crippen LogP contribution in [0.1, 0.15) is 25.7 Å². The molecule has 0 bridgehead atoms. The van der Waals surface area contributed by atoms with Gasteiger partial charge < -0.3 is 54.4 Å². The molecule has 0 heterocycles. The predicted octanol–water partition coefficient (Wildman–Crippen LogP) is -5.70. The van der Waals surface area contributed by atoms with Gasteiger partial charge in [0.25, 0.3) is 0 Å². The number of carboxylic acid groups (broad SMARTS) is 2. The monoisotopic (exact) mass is 563 g/mol. The van der Waals surface area contributed by atoms with Crippen molar-refractivity contribution in [2.24, 2.45) is 27.9 Å². The molecular formula is C19H33N9O9S. The first kappa shape index (κ1) is 33.9. The Morgan fingerprint density at radius 3 is 1.84 bits per heavy atom. The number of hydrogen-bond acceptors (Lipinski definition) is 10. The van der Waals surface area contributed by atoms with Crippen molar-refractivity contribution in [1.29, 1.82) is 0 Å². The lowest BCUT2D eigenvalue weighted by molar-refractivity contribution is -0.143. The summed E-state index contributed by atoms with van der Waals surface area (Å²) in [6, 6.07) is -5.90. The van der Waals surface area contributed by atoms with Crippen molar-refractivity contribution < 1.29 is 43.8 Å². The lowest BCUT2D eigenvalue weighted by Gasteiger charge is -2.23. The van der Waals surface area contributed by atoms with Crippen LogP contribution in [-0.2, 0) is 33.6 Å². The first-order valence-electron chi connectivity index (χ1n) is 11.0. The second-order valence-corrected chi connectivity index (χ2v) is 8.17. The van der Waals surface area contributed by atoms with Crippen molar-refractivity contribution in [3.8, 4) is 0 Å². The average Bonchev–Trinajstić information content (AvgIpc) is 2.81. The summed E-state index contributed by atoms with van der Waals surface area (Å²) in [4.78, 5) is 86.8. The van der Waals surface area contributed by atoms with Crippen LogP contribution in [0, 0.1) is 0 Å². The van der Waals surface area contributed by atoms with Crippen molar-refractivity contribution in [2.45, 2.75) is 49.9 Å². The minimum absolute atomic E-state index is 0.122. The lowest BCUT2D eigenvalue weighted by atomic mass is 10.1. The lowest BCUT2D eigenvalue weighted by Crippen LogP contribution is -2.57. The van der Waals surface area contributed by atoms with Gasteiger partial charge in [0.05, 0.1) is 25.4 Å². The molecule has 0 aromatic heterocycles. The molecule has 0 aromatic carbocycles. The van der Waals surface area contributed by atoms with Crippen LogP contribution in [0.5, 0.6) is 0 Å². The Hall–Kier alpha value is -4.13. The summed E-state index contributed by atoms with van der Waals surface area (Å²) in [5, 5.41) is 26.6. The number of thiol groups is 1. The SMILES string of the molecule is NC(=O)C[C@H](NC(=O)[C@H](CC(=O)O)NC(=O)CNC(=O)[C@@H](N)CCCN=C(N)N)C(=O)N[C@@H](CS)C(=O)O. The summed E-state index contributed by atoms with van der Waals surface area (Å²) in [6.45, 7) is -0.437. The van der Waals surface area contributed by atoms with Crippen LogP contribution in [0.3, 0.4) is 0 Å². The third-order valence-corrected chi connectivity index (χ3v) is 4.96. The number of hydrogen-bond donors (Lipinski definition) is 11. The number of carbonyl (C=O) groups is 7. The molecule has 0 rings (SSSR count). The molecule has 0 saturated carbocycles. The van der Waals surface area contributed by atoms with E-state index in [0.29, 0.717) is 6.42 Å². The van der Waals surface area contributed by atoms with E-state index >= 15 is 0 Å². The number of nitrogens with one attached hydrogen (secondary N) is 4. The van der Waals surface area contributed by atoms with Gasteiger partial charge in [-0.3, -0.25) is 33.8 Å². The Morgan fingerprint density at radius 2 is 1.37 bits per heavy atom. The van der Waals surface area contributed by atoms with Crippen LogP contribution < -0.4 is 44.2 Å². The fourth-order valence-electron chi connectivity index (χ4n) is 2.72. The van der Waals surface area contributed by atoms with Gasteiger partial charge in [-0.25, -0.2) is 4.79 Å². The van der Waals surface area contributed by atoms with Gasteiger partial charge in [-0.05, 0) is 12.8 Å². The van der Waals surface area contributed by atoms with E-state index in [-0.39, 0.29) is 24.7 Å². The molecule has 0 aromatic rings. The number of guanidine groups is 1. The highest BCUT2D eigenvalue weighted by Crippen LogP contribution is 2.00. The first-order chi connectivity index (χ1) is 17.7. The molecular weight excluding hydrogens is 530 g/mol. The summed E-state index contributed by atoms with van der Waals surface area (Å²) in [5.74, 6) is -8.41. The molecule has 0 aliphatic carbocycles. The highest BCUT2D eigenvalue weighted by molar-refractivity contribution is 7.80. The maximum Gasteiger partial charge on any atom is 0.327 e. The number of rotatable bonds is 18. The third-order valence-electron chi connectivity index (χ3n) is 4.59. The highest BCUT2D eigenvalue weighted by Gasteiger charge is 2.31. The molecule has 0 aliphatic rings. The molecule has 0 spiro atoms. The van der Waals surface area contributed by atoms with Crippen LogP contribution in [0.4, 0.5) is 0 Å². The average molecular weight is 564 g/mol. The van der Waals surface area contributed by atoms with Crippen LogP contribution >= 0.6 is 12.6 Å². The van der Waals surface area contributed by atoms with E-state index in [1.807, 2.05) is 5.32 Å². The Kier molecular flexibility index (Phi) is 15.5. The second kappa shape index (κ2) is 17.3. The number of aliphatic carboxylic acids is 2. The molecule has 0 aliphatic heterocycles. The summed E-state index contributed by atoms with van der Waals surface area (Å²) in [6.07, 6.45) is -1.13. The van der Waals surface area contributed by atoms with E-state index in [1.54, 1.807) is 0 Å². The van der Waals surface area contributed by atoms with E-state index in [4.69, 9.17) is 33.1 Å². The van der Waals surface area contributed by atoms with Crippen molar-refractivity contribution in [2.75, 3.05) is 18.8 Å². The minimum atomic E-state index is -1.74. The van der Waals surface area contributed by atoms with E-state index in [0.717, 1.165) is 0 Å². The maximum atomic E-state index is 12.7. The molecule has 5 amide bonds. The number of carboxylic acids is 2. The molecule has 4 atom stereocenters. The topological polar surface area (TPSA) is 325 Å². The molecule has 214 valence electrons. The zero-order valence-electron chi connectivity index (χ0n) is 20.2. The third kappa shape index (κ3) is 14.4. The Bertz CT molecular complexity index is 927. The number of carbonyl (C=O) groups excluding carboxylic acids is 5. The van der Waals surface area contributed by atoms with Gasteiger partial charge in [0.15, 0.2) is 5.96 Å². The van der Waals surface area contributed by atoms with Crippen molar-refractivity contribution >= 4 is 60.1 Å². The minimum Gasteiger partial charge on any atom is -0.481 e. The van der Waals surface area contributed by atoms with Crippen LogP contribution in [0.2, 0.25) is 0 Å². The fourth-order valence-corrected chi connectivity index (χ4v) is 2.97. The summed E-state index contributed by atoms with van der Waals surface area (Å²) < 4.78 is 0. The smallest absolute Gasteiger partial charge is 0.327 e. The van der Waals surface area contributed by atoms with E-state index in [9.17, 15) is 33.6 Å². The molecule has 19 heteroatoms. The fraction of sp³-hybridized carbons (Fsp3) is 0.579. The second-order valence-electron chi connectivity index (χ2n) is 7.80. The number of aliphatic imine (C=N–C) groups is 1. The van der Waals surface area contributed by atoms with Crippen LogP contribution in [0.15, 0.2) is 4.99 Å². The van der Waals surface area contributed by atoms with Gasteiger partial charge in [-0.15, -0.1) is 0 Å². The zero-order chi connectivity index (χ0) is 29.4. The largest absolute Gasteiger partial charge is 0.481 e. The summed E-state index contributed by atoms with van der Waals surface area (Å²) in [7, 11) is 0. The van der Waals surface area contributed by atoms with Gasteiger partial charge in [-0.1, -0.05) is 0 Å².